The lowest BCUT2D eigenvalue weighted by Gasteiger charge is -2.11. The molecule has 0 saturated carbocycles. The van der Waals surface area contributed by atoms with E-state index in [-0.39, 0.29) is 6.04 Å². The second-order valence-corrected chi connectivity index (χ2v) is 4.39. The summed E-state index contributed by atoms with van der Waals surface area (Å²) in [5.41, 5.74) is 8.07. The van der Waals surface area contributed by atoms with Crippen LogP contribution in [0.1, 0.15) is 18.3 Å². The molecule has 0 bridgehead atoms. The van der Waals surface area contributed by atoms with E-state index in [2.05, 4.69) is 21.0 Å². The van der Waals surface area contributed by atoms with Gasteiger partial charge < -0.3 is 10.5 Å². The highest BCUT2D eigenvalue weighted by Crippen LogP contribution is 2.21. The summed E-state index contributed by atoms with van der Waals surface area (Å²) < 4.78 is 8.20. The van der Waals surface area contributed by atoms with E-state index < -0.39 is 0 Å². The Bertz CT molecular complexity index is 325. The van der Waals surface area contributed by atoms with E-state index in [1.807, 2.05) is 25.6 Å². The Morgan fingerprint density at radius 3 is 2.73 bits per heavy atom. The predicted octanol–water partition coefficient (Wildman–Crippen LogP) is 1.40. The number of nitrogens with two attached hydrogens (primary N) is 1. The van der Waals surface area contributed by atoms with Crippen LogP contribution in [0, 0.1) is 6.92 Å². The quantitative estimate of drug-likeness (QED) is 0.884. The van der Waals surface area contributed by atoms with Crippen molar-refractivity contribution in [2.45, 2.75) is 26.3 Å². The van der Waals surface area contributed by atoms with Crippen LogP contribution in [-0.2, 0) is 18.2 Å². The Balaban J connectivity index is 2.63. The highest BCUT2D eigenvalue weighted by Gasteiger charge is 2.13. The van der Waals surface area contributed by atoms with Gasteiger partial charge in [-0.25, -0.2) is 0 Å². The summed E-state index contributed by atoms with van der Waals surface area (Å²) in [4.78, 5) is 0. The van der Waals surface area contributed by atoms with Crippen molar-refractivity contribution in [3.05, 3.63) is 15.9 Å². The second-order valence-electron chi connectivity index (χ2n) is 3.59. The molecule has 0 amide bonds. The lowest BCUT2D eigenvalue weighted by atomic mass is 10.2. The molecule has 86 valence electrons. The maximum Gasteiger partial charge on any atom is 0.0738 e. The summed E-state index contributed by atoms with van der Waals surface area (Å²) >= 11 is 3.52. The predicted molar refractivity (Wildman–Crippen MR) is 63.8 cm³/mol. The number of rotatable bonds is 5. The zero-order valence-corrected chi connectivity index (χ0v) is 11.0. The van der Waals surface area contributed by atoms with Crippen molar-refractivity contribution in [1.82, 2.24) is 9.78 Å². The molecule has 15 heavy (non-hydrogen) atoms. The monoisotopic (exact) mass is 275 g/mol. The van der Waals surface area contributed by atoms with Crippen molar-refractivity contribution < 1.29 is 4.74 Å². The standard InChI is InChI=1S/C10H18BrN3O/c1-4-15-6-8(12)5-9-10(11)7(2)13-14(9)3/h8H,4-6,12H2,1-3H3. The zero-order valence-electron chi connectivity index (χ0n) is 9.46. The van der Waals surface area contributed by atoms with Gasteiger partial charge in [0, 0.05) is 26.1 Å². The molecule has 5 heteroatoms. The molecule has 0 aliphatic carbocycles. The first-order valence-corrected chi connectivity index (χ1v) is 5.86. The van der Waals surface area contributed by atoms with E-state index in [9.17, 15) is 0 Å². The Kier molecular flexibility index (Phi) is 4.76. The van der Waals surface area contributed by atoms with Gasteiger partial charge in [-0.15, -0.1) is 0 Å². The van der Waals surface area contributed by atoms with E-state index in [0.717, 1.165) is 22.3 Å². The Morgan fingerprint density at radius 1 is 1.60 bits per heavy atom. The minimum absolute atomic E-state index is 0.0241. The molecule has 1 aromatic rings. The third-order valence-corrected chi connectivity index (χ3v) is 3.28. The number of aromatic nitrogens is 2. The lowest BCUT2D eigenvalue weighted by molar-refractivity contribution is 0.132. The summed E-state index contributed by atoms with van der Waals surface area (Å²) in [7, 11) is 1.93. The molecule has 0 spiro atoms. The topological polar surface area (TPSA) is 53.1 Å². The van der Waals surface area contributed by atoms with Gasteiger partial charge in [-0.1, -0.05) is 0 Å². The molecule has 1 atom stereocenters. The van der Waals surface area contributed by atoms with Gasteiger partial charge in [0.2, 0.25) is 0 Å². The van der Waals surface area contributed by atoms with Crippen LogP contribution in [-0.4, -0.2) is 29.0 Å². The number of hydrogen-bond acceptors (Lipinski definition) is 3. The van der Waals surface area contributed by atoms with Gasteiger partial charge in [0.15, 0.2) is 0 Å². The average molecular weight is 276 g/mol. The molecule has 0 fully saturated rings. The van der Waals surface area contributed by atoms with Crippen molar-refractivity contribution in [2.75, 3.05) is 13.2 Å². The summed E-state index contributed by atoms with van der Waals surface area (Å²) in [6.07, 6.45) is 0.776. The first-order valence-electron chi connectivity index (χ1n) is 5.07. The van der Waals surface area contributed by atoms with Gasteiger partial charge in [-0.05, 0) is 29.8 Å². The van der Waals surface area contributed by atoms with E-state index in [4.69, 9.17) is 10.5 Å². The van der Waals surface area contributed by atoms with Crippen molar-refractivity contribution in [1.29, 1.82) is 0 Å². The minimum Gasteiger partial charge on any atom is -0.380 e. The Labute approximate surface area is 98.9 Å². The van der Waals surface area contributed by atoms with Gasteiger partial charge in [0.05, 0.1) is 22.5 Å². The summed E-state index contributed by atoms with van der Waals surface area (Å²) in [5.74, 6) is 0. The highest BCUT2D eigenvalue weighted by molar-refractivity contribution is 9.10. The SMILES string of the molecule is CCOCC(N)Cc1c(Br)c(C)nn1C. The van der Waals surface area contributed by atoms with Crippen LogP contribution < -0.4 is 5.73 Å². The first kappa shape index (κ1) is 12.7. The van der Waals surface area contributed by atoms with Gasteiger partial charge in [-0.2, -0.15) is 5.10 Å². The molecular weight excluding hydrogens is 258 g/mol. The Morgan fingerprint density at radius 2 is 2.27 bits per heavy atom. The number of aryl methyl sites for hydroxylation is 2. The third kappa shape index (κ3) is 3.29. The molecule has 1 rings (SSSR count). The molecule has 4 nitrogen and oxygen atoms in total. The largest absolute Gasteiger partial charge is 0.380 e. The van der Waals surface area contributed by atoms with Gasteiger partial charge in [-0.3, -0.25) is 4.68 Å². The number of halogens is 1. The fourth-order valence-electron chi connectivity index (χ4n) is 1.48. The molecule has 0 radical (unpaired) electrons. The smallest absolute Gasteiger partial charge is 0.0738 e. The lowest BCUT2D eigenvalue weighted by Crippen LogP contribution is -2.29. The molecular formula is C10H18BrN3O. The second kappa shape index (κ2) is 5.63. The summed E-state index contributed by atoms with van der Waals surface area (Å²) in [6.45, 7) is 5.24. The van der Waals surface area contributed by atoms with Crippen LogP contribution in [0.25, 0.3) is 0 Å². The van der Waals surface area contributed by atoms with Crippen LogP contribution in [0.4, 0.5) is 0 Å². The van der Waals surface area contributed by atoms with E-state index in [1.54, 1.807) is 0 Å². The highest BCUT2D eigenvalue weighted by atomic mass is 79.9. The van der Waals surface area contributed by atoms with E-state index in [1.165, 1.54) is 0 Å². The minimum atomic E-state index is 0.0241. The molecule has 1 unspecified atom stereocenters. The van der Waals surface area contributed by atoms with Crippen molar-refractivity contribution in [3.8, 4) is 0 Å². The third-order valence-electron chi connectivity index (χ3n) is 2.25. The maximum absolute atomic E-state index is 5.95. The van der Waals surface area contributed by atoms with E-state index in [0.29, 0.717) is 13.2 Å². The first-order chi connectivity index (χ1) is 7.06. The van der Waals surface area contributed by atoms with Crippen LogP contribution in [0.15, 0.2) is 4.47 Å². The summed E-state index contributed by atoms with van der Waals surface area (Å²) in [5, 5.41) is 4.32. The zero-order chi connectivity index (χ0) is 11.4. The van der Waals surface area contributed by atoms with Gasteiger partial charge in [0.25, 0.3) is 0 Å². The van der Waals surface area contributed by atoms with E-state index >= 15 is 0 Å². The summed E-state index contributed by atoms with van der Waals surface area (Å²) in [6, 6.07) is 0.0241. The maximum atomic E-state index is 5.95. The fraction of sp³-hybridized carbons (Fsp3) is 0.700. The van der Waals surface area contributed by atoms with Gasteiger partial charge in [0.1, 0.15) is 0 Å². The van der Waals surface area contributed by atoms with Crippen molar-refractivity contribution in [3.63, 3.8) is 0 Å². The molecule has 1 heterocycles. The molecule has 1 aromatic heterocycles. The van der Waals surface area contributed by atoms with Crippen LogP contribution in [0.3, 0.4) is 0 Å². The molecule has 2 N–H and O–H groups in total. The van der Waals surface area contributed by atoms with Crippen molar-refractivity contribution in [2.24, 2.45) is 12.8 Å². The van der Waals surface area contributed by atoms with Crippen LogP contribution in [0.2, 0.25) is 0 Å². The van der Waals surface area contributed by atoms with Crippen molar-refractivity contribution >= 4 is 15.9 Å². The number of hydrogen-bond donors (Lipinski definition) is 1. The number of ether oxygens (including phenoxy) is 1. The Hall–Kier alpha value is -0.390. The molecule has 0 saturated heterocycles. The molecule has 0 aromatic carbocycles. The molecule has 0 aliphatic heterocycles. The normalized spacial score (nSPS) is 13.1. The van der Waals surface area contributed by atoms with Crippen LogP contribution >= 0.6 is 15.9 Å². The molecule has 0 aliphatic rings. The van der Waals surface area contributed by atoms with Gasteiger partial charge >= 0.3 is 0 Å². The number of nitrogens with zero attached hydrogens (tertiary/aromatic N) is 2. The fourth-order valence-corrected chi connectivity index (χ4v) is 1.98. The van der Waals surface area contributed by atoms with Crippen LogP contribution in [0.5, 0.6) is 0 Å². The average Bonchev–Trinajstić information content (AvgIpc) is 2.42.